The molecule has 28 heavy (non-hydrogen) atoms. The van der Waals surface area contributed by atoms with Crippen LogP contribution in [0.2, 0.25) is 0 Å². The van der Waals surface area contributed by atoms with Gasteiger partial charge >= 0.3 is 0 Å². The van der Waals surface area contributed by atoms with Crippen LogP contribution in [-0.2, 0) is 13.0 Å². The van der Waals surface area contributed by atoms with Crippen LogP contribution in [0.1, 0.15) is 59.7 Å². The Hall–Kier alpha value is -3.01. The second kappa shape index (κ2) is 8.79. The number of hydrogen-bond donors (Lipinski definition) is 1. The number of carbonyl (C=O) groups excluding carboxylic acids is 1. The third-order valence-electron chi connectivity index (χ3n) is 4.67. The van der Waals surface area contributed by atoms with E-state index in [1.807, 2.05) is 37.3 Å². The standard InChI is InChI=1S/C24H27NO3/c1-5-18-7-9-19(10-8-18)25-24(26)22-13-11-20(28-22)15-27-23-14-17(4)6-12-21(23)16(2)3/h6-14,16H,5,15H2,1-4H3,(H,25,26). The fourth-order valence-corrected chi connectivity index (χ4v) is 2.99. The number of furan rings is 1. The van der Waals surface area contributed by atoms with Gasteiger partial charge in [-0.3, -0.25) is 4.79 Å². The number of carbonyl (C=O) groups is 1. The highest BCUT2D eigenvalue weighted by atomic mass is 16.5. The lowest BCUT2D eigenvalue weighted by Crippen LogP contribution is -2.10. The predicted octanol–water partition coefficient (Wildman–Crippen LogP) is 6.11. The maximum atomic E-state index is 12.4. The minimum atomic E-state index is -0.270. The number of nitrogens with one attached hydrogen (secondary N) is 1. The van der Waals surface area contributed by atoms with Crippen molar-refractivity contribution in [2.45, 2.75) is 46.6 Å². The summed E-state index contributed by atoms with van der Waals surface area (Å²) in [6.07, 6.45) is 0.967. The lowest BCUT2D eigenvalue weighted by molar-refractivity contribution is 0.0992. The summed E-state index contributed by atoms with van der Waals surface area (Å²) in [7, 11) is 0. The van der Waals surface area contributed by atoms with Crippen molar-refractivity contribution < 1.29 is 13.9 Å². The van der Waals surface area contributed by atoms with Crippen LogP contribution in [0.4, 0.5) is 5.69 Å². The number of rotatable bonds is 7. The van der Waals surface area contributed by atoms with Gasteiger partial charge in [0.15, 0.2) is 5.76 Å². The molecule has 3 aromatic rings. The first-order valence-electron chi connectivity index (χ1n) is 9.68. The van der Waals surface area contributed by atoms with Crippen molar-refractivity contribution in [3.8, 4) is 5.75 Å². The minimum absolute atomic E-state index is 0.270. The number of hydrogen-bond acceptors (Lipinski definition) is 3. The van der Waals surface area contributed by atoms with E-state index < -0.39 is 0 Å². The highest BCUT2D eigenvalue weighted by Gasteiger charge is 2.13. The Balaban J connectivity index is 1.64. The quantitative estimate of drug-likeness (QED) is 0.541. The molecule has 0 atom stereocenters. The summed E-state index contributed by atoms with van der Waals surface area (Å²) in [5.74, 6) is 1.84. The summed E-state index contributed by atoms with van der Waals surface area (Å²) in [6.45, 7) is 8.70. The second-order valence-corrected chi connectivity index (χ2v) is 7.26. The molecule has 0 aliphatic rings. The van der Waals surface area contributed by atoms with Gasteiger partial charge < -0.3 is 14.5 Å². The Morgan fingerprint density at radius 1 is 1.07 bits per heavy atom. The van der Waals surface area contributed by atoms with Crippen molar-refractivity contribution in [1.82, 2.24) is 0 Å². The zero-order valence-corrected chi connectivity index (χ0v) is 16.9. The molecule has 3 rings (SSSR count). The Kier molecular flexibility index (Phi) is 6.19. The van der Waals surface area contributed by atoms with Crippen LogP contribution in [0, 0.1) is 6.92 Å². The lowest BCUT2D eigenvalue weighted by Gasteiger charge is -2.14. The zero-order valence-electron chi connectivity index (χ0n) is 16.9. The molecule has 1 heterocycles. The molecule has 2 aromatic carbocycles. The average Bonchev–Trinajstić information content (AvgIpc) is 3.16. The van der Waals surface area contributed by atoms with Crippen molar-refractivity contribution in [3.05, 3.63) is 82.8 Å². The van der Waals surface area contributed by atoms with E-state index in [2.05, 4.69) is 38.2 Å². The Bertz CT molecular complexity index is 939. The molecular weight excluding hydrogens is 350 g/mol. The lowest BCUT2D eigenvalue weighted by atomic mass is 10.0. The van der Waals surface area contributed by atoms with Crippen molar-refractivity contribution in [2.24, 2.45) is 0 Å². The SMILES string of the molecule is CCc1ccc(NC(=O)c2ccc(COc3cc(C)ccc3C(C)C)o2)cc1. The summed E-state index contributed by atoms with van der Waals surface area (Å²) in [5, 5.41) is 2.85. The van der Waals surface area contributed by atoms with Crippen LogP contribution in [0.25, 0.3) is 0 Å². The van der Waals surface area contributed by atoms with Gasteiger partial charge in [0.2, 0.25) is 0 Å². The highest BCUT2D eigenvalue weighted by molar-refractivity contribution is 6.02. The largest absolute Gasteiger partial charge is 0.485 e. The molecule has 0 fully saturated rings. The molecule has 1 amide bonds. The third-order valence-corrected chi connectivity index (χ3v) is 4.67. The fourth-order valence-electron chi connectivity index (χ4n) is 2.99. The van der Waals surface area contributed by atoms with Crippen LogP contribution in [0.5, 0.6) is 5.75 Å². The van der Waals surface area contributed by atoms with Gasteiger partial charge in [-0.25, -0.2) is 0 Å². The van der Waals surface area contributed by atoms with Gasteiger partial charge in [-0.15, -0.1) is 0 Å². The normalized spacial score (nSPS) is 10.9. The van der Waals surface area contributed by atoms with Crippen LogP contribution in [0.3, 0.4) is 0 Å². The van der Waals surface area contributed by atoms with Crippen molar-refractivity contribution >= 4 is 11.6 Å². The molecule has 0 bridgehead atoms. The van der Waals surface area contributed by atoms with Crippen LogP contribution >= 0.6 is 0 Å². The number of anilines is 1. The summed E-state index contributed by atoms with van der Waals surface area (Å²) >= 11 is 0. The predicted molar refractivity (Wildman–Crippen MR) is 112 cm³/mol. The van der Waals surface area contributed by atoms with E-state index in [-0.39, 0.29) is 18.3 Å². The molecular formula is C24H27NO3. The van der Waals surface area contributed by atoms with E-state index in [4.69, 9.17) is 9.15 Å². The van der Waals surface area contributed by atoms with Gasteiger partial charge in [-0.1, -0.05) is 45.0 Å². The first-order chi connectivity index (χ1) is 13.5. The summed E-state index contributed by atoms with van der Waals surface area (Å²) in [5.41, 5.74) is 4.28. The fraction of sp³-hybridized carbons (Fsp3) is 0.292. The maximum Gasteiger partial charge on any atom is 0.291 e. The molecule has 4 heteroatoms. The minimum Gasteiger partial charge on any atom is -0.485 e. The molecule has 146 valence electrons. The van der Waals surface area contributed by atoms with Gasteiger partial charge in [0, 0.05) is 5.69 Å². The molecule has 0 radical (unpaired) electrons. The summed E-state index contributed by atoms with van der Waals surface area (Å²) < 4.78 is 11.7. The Morgan fingerprint density at radius 2 is 1.82 bits per heavy atom. The number of ether oxygens (including phenoxy) is 1. The average molecular weight is 377 g/mol. The Morgan fingerprint density at radius 3 is 2.50 bits per heavy atom. The number of benzene rings is 2. The third kappa shape index (κ3) is 4.83. The first-order valence-corrected chi connectivity index (χ1v) is 9.68. The van der Waals surface area contributed by atoms with Crippen LogP contribution in [0.15, 0.2) is 59.0 Å². The van der Waals surface area contributed by atoms with E-state index in [9.17, 15) is 4.79 Å². The molecule has 4 nitrogen and oxygen atoms in total. The maximum absolute atomic E-state index is 12.4. The first kappa shape index (κ1) is 19.7. The van der Waals surface area contributed by atoms with Gasteiger partial charge in [-0.05, 0) is 66.3 Å². The second-order valence-electron chi connectivity index (χ2n) is 7.26. The number of amides is 1. The van der Waals surface area contributed by atoms with Gasteiger partial charge in [-0.2, -0.15) is 0 Å². The smallest absolute Gasteiger partial charge is 0.291 e. The summed E-state index contributed by atoms with van der Waals surface area (Å²) in [4.78, 5) is 12.4. The molecule has 0 aliphatic carbocycles. The van der Waals surface area contributed by atoms with Gasteiger partial charge in [0.05, 0.1) is 0 Å². The number of aryl methyl sites for hydroxylation is 2. The van der Waals surface area contributed by atoms with Crippen molar-refractivity contribution in [2.75, 3.05) is 5.32 Å². The van der Waals surface area contributed by atoms with Gasteiger partial charge in [0.1, 0.15) is 18.1 Å². The van der Waals surface area contributed by atoms with E-state index in [0.29, 0.717) is 11.7 Å². The van der Waals surface area contributed by atoms with Gasteiger partial charge in [0.25, 0.3) is 5.91 Å². The Labute approximate surface area is 166 Å². The molecule has 0 saturated heterocycles. The molecule has 1 aromatic heterocycles. The zero-order chi connectivity index (χ0) is 20.1. The molecule has 0 aliphatic heterocycles. The van der Waals surface area contributed by atoms with Crippen molar-refractivity contribution in [1.29, 1.82) is 0 Å². The van der Waals surface area contributed by atoms with Crippen LogP contribution < -0.4 is 10.1 Å². The van der Waals surface area contributed by atoms with Crippen molar-refractivity contribution in [3.63, 3.8) is 0 Å². The van der Waals surface area contributed by atoms with Crippen LogP contribution in [-0.4, -0.2) is 5.91 Å². The van der Waals surface area contributed by atoms with E-state index >= 15 is 0 Å². The van der Waals surface area contributed by atoms with E-state index in [0.717, 1.165) is 29.0 Å². The van der Waals surface area contributed by atoms with E-state index in [1.165, 1.54) is 5.56 Å². The molecule has 0 unspecified atom stereocenters. The molecule has 0 spiro atoms. The molecule has 0 saturated carbocycles. The van der Waals surface area contributed by atoms with E-state index in [1.54, 1.807) is 12.1 Å². The monoisotopic (exact) mass is 377 g/mol. The summed E-state index contributed by atoms with van der Waals surface area (Å²) in [6, 6.07) is 17.5. The highest BCUT2D eigenvalue weighted by Crippen LogP contribution is 2.28. The molecule has 1 N–H and O–H groups in total. The topological polar surface area (TPSA) is 51.5 Å².